The van der Waals surface area contributed by atoms with Crippen molar-refractivity contribution >= 4 is 11.9 Å². The van der Waals surface area contributed by atoms with Gasteiger partial charge in [0.2, 0.25) is 0 Å². The van der Waals surface area contributed by atoms with Crippen molar-refractivity contribution in [2.24, 2.45) is 0 Å². The van der Waals surface area contributed by atoms with Crippen molar-refractivity contribution in [3.63, 3.8) is 0 Å². The molecule has 0 saturated heterocycles. The Labute approximate surface area is 115 Å². The van der Waals surface area contributed by atoms with Crippen LogP contribution >= 0.6 is 0 Å². The van der Waals surface area contributed by atoms with E-state index in [2.05, 4.69) is 15.3 Å². The fourth-order valence-corrected chi connectivity index (χ4v) is 1.66. The van der Waals surface area contributed by atoms with Crippen LogP contribution < -0.4 is 5.32 Å². The highest BCUT2D eigenvalue weighted by atomic mass is 16.5. The number of benzene rings is 1. The van der Waals surface area contributed by atoms with Gasteiger partial charge in [-0.05, 0) is 5.56 Å². The van der Waals surface area contributed by atoms with Crippen LogP contribution in [-0.4, -0.2) is 29.0 Å². The lowest BCUT2D eigenvalue weighted by atomic mass is 10.1. The first-order valence-corrected chi connectivity index (χ1v) is 5.92. The van der Waals surface area contributed by atoms with Crippen molar-refractivity contribution in [1.82, 2.24) is 15.3 Å². The van der Waals surface area contributed by atoms with Gasteiger partial charge < -0.3 is 10.1 Å². The Morgan fingerprint density at radius 3 is 2.55 bits per heavy atom. The average Bonchev–Trinajstić information content (AvgIpc) is 2.53. The smallest absolute Gasteiger partial charge is 0.333 e. The molecule has 2 aromatic rings. The molecule has 0 fully saturated rings. The highest BCUT2D eigenvalue weighted by Gasteiger charge is 2.24. The lowest BCUT2D eigenvalue weighted by Gasteiger charge is -2.16. The van der Waals surface area contributed by atoms with E-state index in [1.807, 2.05) is 6.07 Å². The van der Waals surface area contributed by atoms with E-state index in [1.54, 1.807) is 24.3 Å². The fraction of sp³-hybridized carbons (Fsp3) is 0.143. The number of rotatable bonds is 4. The molecule has 0 aliphatic rings. The third-order valence-corrected chi connectivity index (χ3v) is 2.64. The molecule has 6 nitrogen and oxygen atoms in total. The Morgan fingerprint density at radius 2 is 1.95 bits per heavy atom. The molecule has 0 unspecified atom stereocenters. The van der Waals surface area contributed by atoms with Crippen molar-refractivity contribution in [1.29, 1.82) is 0 Å². The summed E-state index contributed by atoms with van der Waals surface area (Å²) in [7, 11) is 1.27. The van der Waals surface area contributed by atoms with Gasteiger partial charge in [0.1, 0.15) is 5.69 Å². The Morgan fingerprint density at radius 1 is 1.20 bits per heavy atom. The van der Waals surface area contributed by atoms with Gasteiger partial charge in [0, 0.05) is 12.4 Å². The standard InChI is InChI=1S/C14H13N3O3/c1-20-14(19)12(10-5-3-2-4-6-10)17-13(18)11-9-15-7-8-16-11/h2-9,12H,1H3,(H,17,18)/t12-/m0/s1. The largest absolute Gasteiger partial charge is 0.467 e. The Kier molecular flexibility index (Phi) is 4.39. The molecular formula is C14H13N3O3. The van der Waals surface area contributed by atoms with Crippen LogP contribution in [0.5, 0.6) is 0 Å². The van der Waals surface area contributed by atoms with E-state index < -0.39 is 17.9 Å². The molecule has 6 heteroatoms. The third-order valence-electron chi connectivity index (χ3n) is 2.64. The maximum Gasteiger partial charge on any atom is 0.333 e. The summed E-state index contributed by atoms with van der Waals surface area (Å²) in [5, 5.41) is 2.58. The van der Waals surface area contributed by atoms with E-state index in [0.29, 0.717) is 5.56 Å². The SMILES string of the molecule is COC(=O)[C@@H](NC(=O)c1cnccn1)c1ccccc1. The lowest BCUT2D eigenvalue weighted by molar-refractivity contribution is -0.143. The van der Waals surface area contributed by atoms with Gasteiger partial charge >= 0.3 is 5.97 Å². The normalized spacial score (nSPS) is 11.4. The van der Waals surface area contributed by atoms with Gasteiger partial charge in [-0.3, -0.25) is 9.78 Å². The summed E-state index contributed by atoms with van der Waals surface area (Å²) < 4.78 is 4.71. The van der Waals surface area contributed by atoms with Crippen LogP contribution in [0.4, 0.5) is 0 Å². The maximum atomic E-state index is 12.0. The topological polar surface area (TPSA) is 81.2 Å². The highest BCUT2D eigenvalue weighted by molar-refractivity contribution is 5.95. The monoisotopic (exact) mass is 271 g/mol. The number of carbonyl (C=O) groups excluding carboxylic acids is 2. The second-order valence-electron chi connectivity index (χ2n) is 3.93. The number of carbonyl (C=O) groups is 2. The zero-order valence-electron chi connectivity index (χ0n) is 10.8. The van der Waals surface area contributed by atoms with Crippen molar-refractivity contribution in [2.45, 2.75) is 6.04 Å². The minimum atomic E-state index is -0.879. The minimum absolute atomic E-state index is 0.136. The number of ether oxygens (including phenoxy) is 1. The predicted octanol–water partition coefficient (Wildman–Crippen LogP) is 1.12. The second-order valence-corrected chi connectivity index (χ2v) is 3.93. The molecule has 102 valence electrons. The molecule has 1 heterocycles. The minimum Gasteiger partial charge on any atom is -0.467 e. The molecule has 0 spiro atoms. The zero-order chi connectivity index (χ0) is 14.4. The molecule has 0 bridgehead atoms. The molecule has 1 amide bonds. The second kappa shape index (κ2) is 6.42. The summed E-state index contributed by atoms with van der Waals surface area (Å²) in [6.07, 6.45) is 4.20. The van der Waals surface area contributed by atoms with Crippen LogP contribution in [0.2, 0.25) is 0 Å². The molecule has 0 saturated carbocycles. The maximum absolute atomic E-state index is 12.0. The Hall–Kier alpha value is -2.76. The molecule has 0 aliphatic carbocycles. The van der Waals surface area contributed by atoms with Crippen molar-refractivity contribution < 1.29 is 14.3 Å². The number of esters is 1. The molecular weight excluding hydrogens is 258 g/mol. The van der Waals surface area contributed by atoms with E-state index in [0.717, 1.165) is 0 Å². The number of nitrogens with zero attached hydrogens (tertiary/aromatic N) is 2. The summed E-state index contributed by atoms with van der Waals surface area (Å²) in [5.74, 6) is -1.04. The average molecular weight is 271 g/mol. The fourth-order valence-electron chi connectivity index (χ4n) is 1.66. The van der Waals surface area contributed by atoms with Gasteiger partial charge in [-0.2, -0.15) is 0 Å². The molecule has 20 heavy (non-hydrogen) atoms. The summed E-state index contributed by atoms with van der Waals surface area (Å²) in [6.45, 7) is 0. The third kappa shape index (κ3) is 3.17. The summed E-state index contributed by atoms with van der Waals surface area (Å²) in [6, 6.07) is 7.97. The molecule has 1 atom stereocenters. The first-order valence-electron chi connectivity index (χ1n) is 5.92. The van der Waals surface area contributed by atoms with Crippen LogP contribution in [0.15, 0.2) is 48.9 Å². The van der Waals surface area contributed by atoms with Crippen LogP contribution in [0.1, 0.15) is 22.1 Å². The van der Waals surface area contributed by atoms with Crippen LogP contribution in [-0.2, 0) is 9.53 Å². The number of nitrogens with one attached hydrogen (secondary N) is 1. The first kappa shape index (κ1) is 13.7. The van der Waals surface area contributed by atoms with Crippen molar-refractivity contribution in [3.8, 4) is 0 Å². The number of hydrogen-bond acceptors (Lipinski definition) is 5. The zero-order valence-corrected chi connectivity index (χ0v) is 10.8. The quantitative estimate of drug-likeness (QED) is 0.843. The molecule has 0 radical (unpaired) electrons. The summed E-state index contributed by atoms with van der Waals surface area (Å²) in [4.78, 5) is 31.5. The van der Waals surface area contributed by atoms with Crippen LogP contribution in [0.3, 0.4) is 0 Å². The predicted molar refractivity (Wildman–Crippen MR) is 70.7 cm³/mol. The summed E-state index contributed by atoms with van der Waals surface area (Å²) >= 11 is 0. The van der Waals surface area contributed by atoms with Gasteiger partial charge in [-0.15, -0.1) is 0 Å². The number of hydrogen-bond donors (Lipinski definition) is 1. The van der Waals surface area contributed by atoms with Crippen molar-refractivity contribution in [2.75, 3.05) is 7.11 Å². The molecule has 0 aliphatic heterocycles. The number of aromatic nitrogens is 2. The number of amides is 1. The van der Waals surface area contributed by atoms with E-state index >= 15 is 0 Å². The van der Waals surface area contributed by atoms with E-state index in [1.165, 1.54) is 25.7 Å². The van der Waals surface area contributed by atoms with E-state index in [4.69, 9.17) is 4.74 Å². The van der Waals surface area contributed by atoms with Crippen LogP contribution in [0.25, 0.3) is 0 Å². The Balaban J connectivity index is 2.21. The van der Waals surface area contributed by atoms with Gasteiger partial charge in [-0.1, -0.05) is 30.3 Å². The molecule has 1 aromatic carbocycles. The Bertz CT molecular complexity index is 587. The van der Waals surface area contributed by atoms with E-state index in [-0.39, 0.29) is 5.69 Å². The van der Waals surface area contributed by atoms with Gasteiger partial charge in [0.15, 0.2) is 6.04 Å². The van der Waals surface area contributed by atoms with Crippen molar-refractivity contribution in [3.05, 3.63) is 60.2 Å². The number of methoxy groups -OCH3 is 1. The molecule has 2 rings (SSSR count). The molecule has 1 aromatic heterocycles. The van der Waals surface area contributed by atoms with Gasteiger partial charge in [0.25, 0.3) is 5.91 Å². The van der Waals surface area contributed by atoms with Gasteiger partial charge in [-0.25, -0.2) is 9.78 Å². The van der Waals surface area contributed by atoms with Crippen LogP contribution in [0, 0.1) is 0 Å². The molecule has 1 N–H and O–H groups in total. The summed E-state index contributed by atoms with van der Waals surface area (Å²) in [5.41, 5.74) is 0.772. The highest BCUT2D eigenvalue weighted by Crippen LogP contribution is 2.14. The van der Waals surface area contributed by atoms with Gasteiger partial charge in [0.05, 0.1) is 13.3 Å². The first-order chi connectivity index (χ1) is 9.72. The lowest BCUT2D eigenvalue weighted by Crippen LogP contribution is -2.35. The van der Waals surface area contributed by atoms with E-state index in [9.17, 15) is 9.59 Å².